The van der Waals surface area contributed by atoms with Crippen molar-refractivity contribution in [2.45, 2.75) is 30.6 Å². The first-order valence-electron chi connectivity index (χ1n) is 7.33. The van der Waals surface area contributed by atoms with Crippen LogP contribution in [0.2, 0.25) is 0 Å². The van der Waals surface area contributed by atoms with Crippen molar-refractivity contribution in [1.82, 2.24) is 15.5 Å². The highest BCUT2D eigenvalue weighted by molar-refractivity contribution is 8.01. The molecular weight excluding hydrogens is 365 g/mol. The second kappa shape index (κ2) is 8.26. The molecule has 3 N–H and O–H groups in total. The van der Waals surface area contributed by atoms with E-state index < -0.39 is 17.8 Å². The van der Waals surface area contributed by atoms with Gasteiger partial charge >= 0.3 is 6.03 Å². The number of urea groups is 1. The summed E-state index contributed by atoms with van der Waals surface area (Å²) in [5, 5.41) is 16.2. The average molecular weight is 383 g/mol. The molecule has 0 saturated carbocycles. The summed E-state index contributed by atoms with van der Waals surface area (Å²) in [7, 11) is 0. The first-order valence-corrected chi connectivity index (χ1v) is 9.13. The molecule has 0 radical (unpaired) electrons. The molecule has 3 amide bonds. The van der Waals surface area contributed by atoms with Crippen LogP contribution in [0, 0.1) is 5.82 Å². The molecule has 0 aliphatic rings. The summed E-state index contributed by atoms with van der Waals surface area (Å²) < 4.78 is 14.0. The second-order valence-electron chi connectivity index (χ2n) is 6.02. The number of benzene rings is 1. The van der Waals surface area contributed by atoms with Crippen molar-refractivity contribution >= 4 is 45.9 Å². The molecule has 10 heteroatoms. The van der Waals surface area contributed by atoms with Gasteiger partial charge in [-0.25, -0.2) is 9.18 Å². The predicted octanol–water partition coefficient (Wildman–Crippen LogP) is 3.33. The molecule has 1 heterocycles. The smallest absolute Gasteiger partial charge is 0.325 e. The lowest BCUT2D eigenvalue weighted by atomic mass is 10.1. The van der Waals surface area contributed by atoms with Crippen molar-refractivity contribution in [3.05, 3.63) is 30.1 Å². The normalized spacial score (nSPS) is 11.0. The number of rotatable bonds is 5. The highest BCUT2D eigenvalue weighted by Crippen LogP contribution is 2.27. The Morgan fingerprint density at radius 3 is 2.64 bits per heavy atom. The summed E-state index contributed by atoms with van der Waals surface area (Å²) in [5.41, 5.74) is -0.133. The van der Waals surface area contributed by atoms with Gasteiger partial charge in [0.2, 0.25) is 11.0 Å². The highest BCUT2D eigenvalue weighted by atomic mass is 32.2. The molecule has 2 rings (SSSR count). The minimum atomic E-state index is -0.789. The minimum absolute atomic E-state index is 0.00229. The Labute approximate surface area is 152 Å². The third kappa shape index (κ3) is 6.67. The Morgan fingerprint density at radius 2 is 1.96 bits per heavy atom. The summed E-state index contributed by atoms with van der Waals surface area (Å²) in [4.78, 5) is 23.5. The Kier molecular flexibility index (Phi) is 6.32. The van der Waals surface area contributed by atoms with E-state index in [0.29, 0.717) is 9.47 Å². The standard InChI is InChI=1S/C15H18FN5O2S2/c1-15(2,3)19-13-20-21-14(25-13)24-8-11(22)18-12(23)17-10-7-5-4-6-9(10)16/h4-7H,8H2,1-3H3,(H,19,20)(H2,17,18,22,23). The third-order valence-electron chi connectivity index (χ3n) is 2.59. The van der Waals surface area contributed by atoms with E-state index in [4.69, 9.17) is 0 Å². The van der Waals surface area contributed by atoms with Gasteiger partial charge in [-0.1, -0.05) is 35.2 Å². The van der Waals surface area contributed by atoms with Crippen molar-refractivity contribution in [2.24, 2.45) is 0 Å². The summed E-state index contributed by atoms with van der Waals surface area (Å²) in [5.74, 6) is -1.10. The van der Waals surface area contributed by atoms with Crippen molar-refractivity contribution in [2.75, 3.05) is 16.4 Å². The summed E-state index contributed by atoms with van der Waals surface area (Å²) in [6, 6.07) is 4.91. The predicted molar refractivity (Wildman–Crippen MR) is 97.6 cm³/mol. The SMILES string of the molecule is CC(C)(C)Nc1nnc(SCC(=O)NC(=O)Nc2ccccc2F)s1. The minimum Gasteiger partial charge on any atom is -0.355 e. The Hall–Kier alpha value is -2.20. The molecular formula is C15H18FN5O2S2. The van der Waals surface area contributed by atoms with Crippen LogP contribution in [0.4, 0.5) is 20.0 Å². The van der Waals surface area contributed by atoms with Crippen LogP contribution in [0.1, 0.15) is 20.8 Å². The number of halogens is 1. The van der Waals surface area contributed by atoms with Gasteiger partial charge in [0.25, 0.3) is 0 Å². The zero-order valence-electron chi connectivity index (χ0n) is 13.9. The monoisotopic (exact) mass is 383 g/mol. The number of nitrogens with one attached hydrogen (secondary N) is 3. The molecule has 134 valence electrons. The van der Waals surface area contributed by atoms with Crippen LogP contribution in [0.25, 0.3) is 0 Å². The lowest BCUT2D eigenvalue weighted by Crippen LogP contribution is -2.35. The number of anilines is 2. The van der Waals surface area contributed by atoms with Crippen LogP contribution in [0.3, 0.4) is 0 Å². The lowest BCUT2D eigenvalue weighted by Gasteiger charge is -2.18. The number of carbonyl (C=O) groups excluding carboxylic acids is 2. The molecule has 2 aromatic rings. The summed E-state index contributed by atoms with van der Waals surface area (Å²) >= 11 is 2.49. The fraction of sp³-hybridized carbons (Fsp3) is 0.333. The van der Waals surface area contributed by atoms with Crippen LogP contribution in [0.15, 0.2) is 28.6 Å². The average Bonchev–Trinajstić information content (AvgIpc) is 2.93. The van der Waals surface area contributed by atoms with E-state index in [9.17, 15) is 14.0 Å². The number of nitrogens with zero attached hydrogens (tertiary/aromatic N) is 2. The van der Waals surface area contributed by atoms with E-state index in [0.717, 1.165) is 0 Å². The molecule has 1 aromatic heterocycles. The number of aromatic nitrogens is 2. The lowest BCUT2D eigenvalue weighted by molar-refractivity contribution is -0.117. The van der Waals surface area contributed by atoms with Gasteiger partial charge in [0.05, 0.1) is 11.4 Å². The van der Waals surface area contributed by atoms with E-state index >= 15 is 0 Å². The first-order chi connectivity index (χ1) is 11.7. The third-order valence-corrected chi connectivity index (χ3v) is 4.56. The van der Waals surface area contributed by atoms with Gasteiger partial charge in [0, 0.05) is 5.54 Å². The Bertz CT molecular complexity index is 760. The van der Waals surface area contributed by atoms with E-state index in [1.165, 1.54) is 41.3 Å². The fourth-order valence-electron chi connectivity index (χ4n) is 1.65. The molecule has 1 aromatic carbocycles. The van der Waals surface area contributed by atoms with Crippen LogP contribution < -0.4 is 16.0 Å². The number of imide groups is 1. The van der Waals surface area contributed by atoms with Crippen LogP contribution >= 0.6 is 23.1 Å². The van der Waals surface area contributed by atoms with Gasteiger partial charge in [0.15, 0.2) is 4.34 Å². The molecule has 0 fully saturated rings. The van der Waals surface area contributed by atoms with E-state index in [1.807, 2.05) is 20.8 Å². The number of hydrogen-bond donors (Lipinski definition) is 3. The van der Waals surface area contributed by atoms with E-state index in [1.54, 1.807) is 6.07 Å². The maximum absolute atomic E-state index is 13.4. The van der Waals surface area contributed by atoms with Gasteiger partial charge in [-0.2, -0.15) is 0 Å². The molecule has 0 spiro atoms. The second-order valence-corrected chi connectivity index (χ2v) is 8.22. The maximum atomic E-state index is 13.4. The first kappa shape index (κ1) is 19.1. The van der Waals surface area contributed by atoms with Crippen LogP contribution in [-0.2, 0) is 4.79 Å². The maximum Gasteiger partial charge on any atom is 0.325 e. The Balaban J connectivity index is 1.79. The molecule has 0 bridgehead atoms. The zero-order chi connectivity index (χ0) is 18.4. The van der Waals surface area contributed by atoms with Gasteiger partial charge in [-0.3, -0.25) is 10.1 Å². The van der Waals surface area contributed by atoms with Crippen molar-refractivity contribution < 1.29 is 14.0 Å². The van der Waals surface area contributed by atoms with Crippen LogP contribution in [0.5, 0.6) is 0 Å². The van der Waals surface area contributed by atoms with Gasteiger partial charge in [-0.15, -0.1) is 10.2 Å². The molecule has 0 unspecified atom stereocenters. The number of para-hydroxylation sites is 1. The molecule has 0 saturated heterocycles. The number of carbonyl (C=O) groups is 2. The molecule has 7 nitrogen and oxygen atoms in total. The van der Waals surface area contributed by atoms with Crippen LogP contribution in [-0.4, -0.2) is 33.4 Å². The van der Waals surface area contributed by atoms with E-state index in [2.05, 4.69) is 26.1 Å². The molecule has 0 aliphatic heterocycles. The fourth-order valence-corrected chi connectivity index (χ4v) is 3.41. The Morgan fingerprint density at radius 1 is 1.24 bits per heavy atom. The van der Waals surface area contributed by atoms with Crippen molar-refractivity contribution in [1.29, 1.82) is 0 Å². The van der Waals surface area contributed by atoms with E-state index in [-0.39, 0.29) is 17.0 Å². The zero-order valence-corrected chi connectivity index (χ0v) is 15.6. The van der Waals surface area contributed by atoms with Gasteiger partial charge in [0.1, 0.15) is 5.82 Å². The van der Waals surface area contributed by atoms with Crippen molar-refractivity contribution in [3.8, 4) is 0 Å². The summed E-state index contributed by atoms with van der Waals surface area (Å²) in [6.45, 7) is 6.01. The molecule has 0 aliphatic carbocycles. The number of hydrogen-bond acceptors (Lipinski definition) is 7. The number of thioether (sulfide) groups is 1. The molecule has 25 heavy (non-hydrogen) atoms. The van der Waals surface area contributed by atoms with Gasteiger partial charge in [-0.05, 0) is 32.9 Å². The largest absolute Gasteiger partial charge is 0.355 e. The summed E-state index contributed by atoms with van der Waals surface area (Å²) in [6.07, 6.45) is 0. The van der Waals surface area contributed by atoms with Gasteiger partial charge < -0.3 is 10.6 Å². The van der Waals surface area contributed by atoms with Crippen molar-refractivity contribution in [3.63, 3.8) is 0 Å². The highest BCUT2D eigenvalue weighted by Gasteiger charge is 2.15. The quantitative estimate of drug-likeness (QED) is 0.686. The number of amides is 3. The topological polar surface area (TPSA) is 96.0 Å². The molecule has 0 atom stereocenters.